The van der Waals surface area contributed by atoms with Crippen LogP contribution in [0.5, 0.6) is 5.75 Å². The number of hydrogen-bond acceptors (Lipinski definition) is 4. The number of aromatic hydroxyl groups is 1. The van der Waals surface area contributed by atoms with Gasteiger partial charge in [0.05, 0.1) is 21.3 Å². The first-order valence-electron chi connectivity index (χ1n) is 5.36. The number of rotatable bonds is 3. The first-order valence-corrected chi connectivity index (χ1v) is 8.01. The molecule has 0 amide bonds. The number of nitrogen functional groups attached to an aromatic ring is 1. The molecule has 0 heterocycles. The molecule has 0 aliphatic heterocycles. The Hall–Kier alpha value is -1.44. The van der Waals surface area contributed by atoms with Gasteiger partial charge in [0.15, 0.2) is 0 Å². The fourth-order valence-electron chi connectivity index (χ4n) is 1.48. The Morgan fingerprint density at radius 3 is 2.50 bits per heavy atom. The topological polar surface area (TPSA) is 92.4 Å². The molecule has 106 valence electrons. The van der Waals surface area contributed by atoms with Crippen molar-refractivity contribution in [1.82, 2.24) is 0 Å². The summed E-state index contributed by atoms with van der Waals surface area (Å²) in [6.07, 6.45) is 0. The average Bonchev–Trinajstić information content (AvgIpc) is 2.36. The number of nitrogens with two attached hydrogens (primary N) is 1. The highest BCUT2D eigenvalue weighted by atomic mass is 79.9. The van der Waals surface area contributed by atoms with Gasteiger partial charge in [-0.2, -0.15) is 0 Å². The third kappa shape index (κ3) is 3.17. The summed E-state index contributed by atoms with van der Waals surface area (Å²) in [6, 6.07) is 8.41. The zero-order chi connectivity index (χ0) is 14.9. The molecule has 0 atom stereocenters. The quantitative estimate of drug-likeness (QED) is 0.566. The lowest BCUT2D eigenvalue weighted by Crippen LogP contribution is -2.13. The Kier molecular flexibility index (Phi) is 4.12. The number of sulfonamides is 1. The van der Waals surface area contributed by atoms with E-state index in [2.05, 4.69) is 20.7 Å². The fourth-order valence-corrected chi connectivity index (χ4v) is 3.37. The minimum absolute atomic E-state index is 0.0187. The highest BCUT2D eigenvalue weighted by molar-refractivity contribution is 9.10. The Bertz CT molecular complexity index is 765. The van der Waals surface area contributed by atoms with Crippen molar-refractivity contribution in [2.45, 2.75) is 4.90 Å². The first kappa shape index (κ1) is 15.0. The highest BCUT2D eigenvalue weighted by Crippen LogP contribution is 2.29. The molecule has 20 heavy (non-hydrogen) atoms. The SMILES string of the molecule is Nc1cc(S(=O)(=O)Nc2ccc(Br)cc2Cl)ccc1O. The number of benzene rings is 2. The second-order valence-corrected chi connectivity index (χ2v) is 6.96. The summed E-state index contributed by atoms with van der Waals surface area (Å²) in [5.41, 5.74) is 5.72. The van der Waals surface area contributed by atoms with Gasteiger partial charge in [-0.15, -0.1) is 0 Å². The van der Waals surface area contributed by atoms with Gasteiger partial charge >= 0.3 is 0 Å². The van der Waals surface area contributed by atoms with Gasteiger partial charge in [-0.1, -0.05) is 27.5 Å². The van der Waals surface area contributed by atoms with Crippen molar-refractivity contribution < 1.29 is 13.5 Å². The Labute approximate surface area is 129 Å². The lowest BCUT2D eigenvalue weighted by molar-refractivity contribution is 0.477. The third-order valence-corrected chi connectivity index (χ3v) is 4.65. The number of nitrogens with one attached hydrogen (secondary N) is 1. The summed E-state index contributed by atoms with van der Waals surface area (Å²) in [5, 5.41) is 9.57. The lowest BCUT2D eigenvalue weighted by atomic mass is 10.3. The molecule has 8 heteroatoms. The standard InChI is InChI=1S/C12H10BrClN2O3S/c13-7-1-3-11(9(14)5-7)16-20(18,19)8-2-4-12(17)10(15)6-8/h1-6,16-17H,15H2. The molecular weight excluding hydrogens is 368 g/mol. The van der Waals surface area contributed by atoms with Gasteiger partial charge in [0.25, 0.3) is 10.0 Å². The van der Waals surface area contributed by atoms with Gasteiger partial charge in [-0.25, -0.2) is 8.42 Å². The van der Waals surface area contributed by atoms with Crippen LogP contribution < -0.4 is 10.5 Å². The van der Waals surface area contributed by atoms with Gasteiger partial charge in [-0.05, 0) is 36.4 Å². The summed E-state index contributed by atoms with van der Waals surface area (Å²) < 4.78 is 27.5. The maximum absolute atomic E-state index is 12.2. The van der Waals surface area contributed by atoms with Gasteiger partial charge in [0.1, 0.15) is 5.75 Å². The van der Waals surface area contributed by atoms with E-state index in [0.717, 1.165) is 4.47 Å². The maximum Gasteiger partial charge on any atom is 0.262 e. The maximum atomic E-state index is 12.2. The van der Waals surface area contributed by atoms with Crippen LogP contribution in [0.25, 0.3) is 0 Å². The first-order chi connectivity index (χ1) is 9.29. The van der Waals surface area contributed by atoms with Crippen molar-refractivity contribution in [2.24, 2.45) is 0 Å². The number of phenolic OH excluding ortho intramolecular Hbond substituents is 1. The number of anilines is 2. The number of hydrogen-bond donors (Lipinski definition) is 3. The van der Waals surface area contributed by atoms with Crippen LogP contribution >= 0.6 is 27.5 Å². The zero-order valence-corrected chi connectivity index (χ0v) is 13.1. The van der Waals surface area contributed by atoms with Crippen molar-refractivity contribution in [3.05, 3.63) is 45.9 Å². The van der Waals surface area contributed by atoms with Crippen molar-refractivity contribution in [2.75, 3.05) is 10.5 Å². The molecule has 0 aliphatic carbocycles. The summed E-state index contributed by atoms with van der Waals surface area (Å²) in [4.78, 5) is -0.0632. The Morgan fingerprint density at radius 2 is 1.90 bits per heavy atom. The molecule has 0 aromatic heterocycles. The molecular formula is C12H10BrClN2O3S. The molecule has 4 N–H and O–H groups in total. The van der Waals surface area contributed by atoms with Crippen LogP contribution in [-0.4, -0.2) is 13.5 Å². The van der Waals surface area contributed by atoms with Gasteiger partial charge in [0, 0.05) is 4.47 Å². The van der Waals surface area contributed by atoms with E-state index >= 15 is 0 Å². The van der Waals surface area contributed by atoms with Crippen LogP contribution in [0.4, 0.5) is 11.4 Å². The van der Waals surface area contributed by atoms with E-state index in [-0.39, 0.29) is 27.0 Å². The second kappa shape index (κ2) is 5.51. The third-order valence-electron chi connectivity index (χ3n) is 2.48. The highest BCUT2D eigenvalue weighted by Gasteiger charge is 2.17. The van der Waals surface area contributed by atoms with E-state index in [1.807, 2.05) is 0 Å². The predicted molar refractivity (Wildman–Crippen MR) is 82.5 cm³/mol. The summed E-state index contributed by atoms with van der Waals surface area (Å²) in [7, 11) is -3.83. The van der Waals surface area contributed by atoms with Gasteiger partial charge < -0.3 is 10.8 Å². The number of phenols is 1. The zero-order valence-electron chi connectivity index (χ0n) is 9.97. The van der Waals surface area contributed by atoms with Crippen LogP contribution in [0.2, 0.25) is 5.02 Å². The molecule has 0 bridgehead atoms. The molecule has 0 aliphatic rings. The molecule has 2 aromatic rings. The predicted octanol–water partition coefficient (Wildman–Crippen LogP) is 3.19. The Morgan fingerprint density at radius 1 is 1.20 bits per heavy atom. The van der Waals surface area contributed by atoms with Crippen molar-refractivity contribution in [3.8, 4) is 5.75 Å². The van der Waals surface area contributed by atoms with E-state index in [1.165, 1.54) is 24.3 Å². The van der Waals surface area contributed by atoms with Crippen molar-refractivity contribution in [3.63, 3.8) is 0 Å². The van der Waals surface area contributed by atoms with E-state index < -0.39 is 10.0 Å². The van der Waals surface area contributed by atoms with Crippen molar-refractivity contribution >= 4 is 48.9 Å². The van der Waals surface area contributed by atoms with E-state index in [9.17, 15) is 13.5 Å². The molecule has 0 fully saturated rings. The minimum Gasteiger partial charge on any atom is -0.506 e. The Balaban J connectivity index is 2.38. The van der Waals surface area contributed by atoms with Crippen LogP contribution in [0.15, 0.2) is 45.8 Å². The van der Waals surface area contributed by atoms with Crippen LogP contribution in [0.1, 0.15) is 0 Å². The van der Waals surface area contributed by atoms with E-state index in [0.29, 0.717) is 0 Å². The largest absolute Gasteiger partial charge is 0.506 e. The fraction of sp³-hybridized carbons (Fsp3) is 0. The second-order valence-electron chi connectivity index (χ2n) is 3.95. The van der Waals surface area contributed by atoms with Gasteiger partial charge in [0.2, 0.25) is 0 Å². The van der Waals surface area contributed by atoms with Gasteiger partial charge in [-0.3, -0.25) is 4.72 Å². The molecule has 0 radical (unpaired) electrons. The van der Waals surface area contributed by atoms with E-state index in [1.54, 1.807) is 12.1 Å². The molecule has 2 aromatic carbocycles. The average molecular weight is 378 g/mol. The van der Waals surface area contributed by atoms with Crippen LogP contribution in [0.3, 0.4) is 0 Å². The summed E-state index contributed by atoms with van der Waals surface area (Å²) in [6.45, 7) is 0. The summed E-state index contributed by atoms with van der Waals surface area (Å²) >= 11 is 9.19. The smallest absolute Gasteiger partial charge is 0.262 e. The number of halogens is 2. The monoisotopic (exact) mass is 376 g/mol. The lowest BCUT2D eigenvalue weighted by Gasteiger charge is -2.10. The summed E-state index contributed by atoms with van der Waals surface area (Å²) in [5.74, 6) is -0.175. The normalized spacial score (nSPS) is 11.3. The molecule has 0 saturated carbocycles. The molecule has 0 spiro atoms. The molecule has 0 unspecified atom stereocenters. The molecule has 2 rings (SSSR count). The van der Waals surface area contributed by atoms with Crippen molar-refractivity contribution in [1.29, 1.82) is 0 Å². The van der Waals surface area contributed by atoms with Crippen LogP contribution in [0, 0.1) is 0 Å². The molecule has 5 nitrogen and oxygen atoms in total. The molecule has 0 saturated heterocycles. The van der Waals surface area contributed by atoms with E-state index in [4.69, 9.17) is 17.3 Å². The minimum atomic E-state index is -3.83. The van der Waals surface area contributed by atoms with Crippen LogP contribution in [-0.2, 0) is 10.0 Å².